The second-order valence-corrected chi connectivity index (χ2v) is 7.63. The highest BCUT2D eigenvalue weighted by atomic mass is 16.5. The molecule has 0 radical (unpaired) electrons. The maximum atomic E-state index is 5.99. The molecule has 0 saturated carbocycles. The highest BCUT2D eigenvalue weighted by Crippen LogP contribution is 2.27. The Morgan fingerprint density at radius 3 is 2.48 bits per heavy atom. The van der Waals surface area contributed by atoms with E-state index in [0.717, 1.165) is 63.4 Å². The number of likely N-dealkylation sites (tertiary alicyclic amines) is 1. The van der Waals surface area contributed by atoms with Crippen LogP contribution in [0.2, 0.25) is 0 Å². The third-order valence-electron chi connectivity index (χ3n) is 5.94. The van der Waals surface area contributed by atoms with Crippen LogP contribution in [-0.2, 0) is 4.74 Å². The molecule has 7 heteroatoms. The summed E-state index contributed by atoms with van der Waals surface area (Å²) in [5.41, 5.74) is 7.03. The summed E-state index contributed by atoms with van der Waals surface area (Å²) in [5.74, 6) is 1.74. The van der Waals surface area contributed by atoms with Crippen molar-refractivity contribution in [2.45, 2.75) is 31.2 Å². The van der Waals surface area contributed by atoms with Crippen molar-refractivity contribution in [3.05, 3.63) is 11.8 Å². The van der Waals surface area contributed by atoms with Gasteiger partial charge in [-0.2, -0.15) is 4.98 Å². The number of nitrogens with two attached hydrogens (primary N) is 1. The fraction of sp³-hybridized carbons (Fsp3) is 0.778. The highest BCUT2D eigenvalue weighted by Gasteiger charge is 2.28. The summed E-state index contributed by atoms with van der Waals surface area (Å²) < 4.78 is 5.50. The van der Waals surface area contributed by atoms with Gasteiger partial charge in [-0.3, -0.25) is 4.90 Å². The van der Waals surface area contributed by atoms with Crippen molar-refractivity contribution in [1.82, 2.24) is 19.8 Å². The molecule has 1 aromatic rings. The zero-order valence-electron chi connectivity index (χ0n) is 15.2. The zero-order valence-corrected chi connectivity index (χ0v) is 15.2. The Morgan fingerprint density at radius 2 is 1.80 bits per heavy atom. The quantitative estimate of drug-likeness (QED) is 0.867. The van der Waals surface area contributed by atoms with Crippen LogP contribution >= 0.6 is 0 Å². The number of ether oxygens (including phenoxy) is 1. The Labute approximate surface area is 150 Å². The average molecular weight is 346 g/mol. The molecule has 138 valence electrons. The van der Waals surface area contributed by atoms with Crippen molar-refractivity contribution in [2.75, 3.05) is 70.2 Å². The first-order valence-corrected chi connectivity index (χ1v) is 9.59. The van der Waals surface area contributed by atoms with Gasteiger partial charge in [-0.05, 0) is 39.4 Å². The first-order chi connectivity index (χ1) is 12.2. The molecule has 25 heavy (non-hydrogen) atoms. The molecule has 4 rings (SSSR count). The Morgan fingerprint density at radius 1 is 1.04 bits per heavy atom. The number of piperidine rings is 1. The molecule has 0 aliphatic carbocycles. The van der Waals surface area contributed by atoms with E-state index in [0.29, 0.717) is 11.9 Å². The largest absolute Gasteiger partial charge is 0.381 e. The topological polar surface area (TPSA) is 70.8 Å². The van der Waals surface area contributed by atoms with Crippen molar-refractivity contribution in [3.8, 4) is 0 Å². The Balaban J connectivity index is 1.39. The second kappa shape index (κ2) is 7.43. The Hall–Kier alpha value is -1.44. The van der Waals surface area contributed by atoms with Gasteiger partial charge in [0.15, 0.2) is 0 Å². The molecule has 1 aromatic heterocycles. The fourth-order valence-electron chi connectivity index (χ4n) is 4.29. The fourth-order valence-corrected chi connectivity index (χ4v) is 4.29. The molecule has 7 nitrogen and oxygen atoms in total. The first kappa shape index (κ1) is 17.0. The van der Waals surface area contributed by atoms with E-state index in [1.807, 2.05) is 0 Å². The van der Waals surface area contributed by atoms with Gasteiger partial charge < -0.3 is 20.3 Å². The molecule has 0 amide bonds. The van der Waals surface area contributed by atoms with Gasteiger partial charge in [-0.15, -0.1) is 0 Å². The number of anilines is 2. The maximum Gasteiger partial charge on any atom is 0.222 e. The van der Waals surface area contributed by atoms with Gasteiger partial charge in [0.1, 0.15) is 5.82 Å². The Bertz CT molecular complexity index is 575. The van der Waals surface area contributed by atoms with E-state index in [4.69, 9.17) is 10.5 Å². The Kier molecular flexibility index (Phi) is 5.05. The van der Waals surface area contributed by atoms with Crippen LogP contribution < -0.4 is 10.6 Å². The highest BCUT2D eigenvalue weighted by molar-refractivity contribution is 5.45. The van der Waals surface area contributed by atoms with Crippen molar-refractivity contribution in [1.29, 1.82) is 0 Å². The predicted molar refractivity (Wildman–Crippen MR) is 98.9 cm³/mol. The lowest BCUT2D eigenvalue weighted by Gasteiger charge is -2.42. The number of nitrogens with zero attached hydrogens (tertiary/aromatic N) is 5. The van der Waals surface area contributed by atoms with Crippen molar-refractivity contribution in [3.63, 3.8) is 0 Å². The van der Waals surface area contributed by atoms with Gasteiger partial charge >= 0.3 is 0 Å². The summed E-state index contributed by atoms with van der Waals surface area (Å²) in [4.78, 5) is 16.4. The van der Waals surface area contributed by atoms with E-state index in [1.54, 1.807) is 0 Å². The molecule has 2 N–H and O–H groups in total. The SMILES string of the molecule is CN1CCC(N2CCN(c3cc([C@@H]4CCOC4)nc(N)n3)CC2)CC1. The number of nitrogen functional groups attached to an aromatic ring is 1. The molecule has 3 aliphatic rings. The molecule has 0 spiro atoms. The van der Waals surface area contributed by atoms with Crippen LogP contribution in [-0.4, -0.2) is 85.3 Å². The summed E-state index contributed by atoms with van der Waals surface area (Å²) in [5, 5.41) is 0. The predicted octanol–water partition coefficient (Wildman–Crippen LogP) is 0.779. The van der Waals surface area contributed by atoms with Crippen LogP contribution in [0, 0.1) is 0 Å². The van der Waals surface area contributed by atoms with Gasteiger partial charge in [0, 0.05) is 50.8 Å². The molecule has 0 aromatic carbocycles. The lowest BCUT2D eigenvalue weighted by Crippen LogP contribution is -2.53. The van der Waals surface area contributed by atoms with E-state index in [2.05, 4.69) is 37.8 Å². The standard InChI is InChI=1S/C18H30N6O/c1-22-5-2-15(3-6-22)23-7-9-24(10-8-23)17-12-16(20-18(19)21-17)14-4-11-25-13-14/h12,14-15H,2-11,13H2,1H3,(H2,19,20,21)/t14-/m1/s1. The van der Waals surface area contributed by atoms with Crippen LogP contribution in [0.25, 0.3) is 0 Å². The minimum atomic E-state index is 0.365. The molecule has 3 fully saturated rings. The molecular formula is C18H30N6O. The van der Waals surface area contributed by atoms with Gasteiger partial charge in [-0.1, -0.05) is 0 Å². The van der Waals surface area contributed by atoms with Gasteiger partial charge in [0.05, 0.1) is 12.3 Å². The number of hydrogen-bond acceptors (Lipinski definition) is 7. The second-order valence-electron chi connectivity index (χ2n) is 7.63. The first-order valence-electron chi connectivity index (χ1n) is 9.59. The van der Waals surface area contributed by atoms with Crippen LogP contribution in [0.15, 0.2) is 6.07 Å². The summed E-state index contributed by atoms with van der Waals surface area (Å²) in [6, 6.07) is 2.88. The third-order valence-corrected chi connectivity index (χ3v) is 5.94. The number of hydrogen-bond donors (Lipinski definition) is 1. The van der Waals surface area contributed by atoms with E-state index in [-0.39, 0.29) is 0 Å². The van der Waals surface area contributed by atoms with Crippen molar-refractivity contribution >= 4 is 11.8 Å². The van der Waals surface area contributed by atoms with Gasteiger partial charge in [0.2, 0.25) is 5.95 Å². The lowest BCUT2D eigenvalue weighted by molar-refractivity contribution is 0.115. The van der Waals surface area contributed by atoms with Crippen LogP contribution in [0.4, 0.5) is 11.8 Å². The van der Waals surface area contributed by atoms with E-state index in [1.165, 1.54) is 25.9 Å². The van der Waals surface area contributed by atoms with Crippen LogP contribution in [0.3, 0.4) is 0 Å². The average Bonchev–Trinajstić information content (AvgIpc) is 3.17. The molecular weight excluding hydrogens is 316 g/mol. The zero-order chi connectivity index (χ0) is 17.2. The number of piperazine rings is 1. The van der Waals surface area contributed by atoms with E-state index >= 15 is 0 Å². The lowest BCUT2D eigenvalue weighted by atomic mass is 10.0. The molecule has 0 bridgehead atoms. The van der Waals surface area contributed by atoms with Crippen molar-refractivity contribution < 1.29 is 4.74 Å². The van der Waals surface area contributed by atoms with Crippen LogP contribution in [0.5, 0.6) is 0 Å². The smallest absolute Gasteiger partial charge is 0.222 e. The van der Waals surface area contributed by atoms with E-state index < -0.39 is 0 Å². The summed E-state index contributed by atoms with van der Waals surface area (Å²) in [6.07, 6.45) is 3.62. The van der Waals surface area contributed by atoms with Gasteiger partial charge in [0.25, 0.3) is 0 Å². The molecule has 1 atom stereocenters. The molecule has 0 unspecified atom stereocenters. The van der Waals surface area contributed by atoms with Gasteiger partial charge in [-0.25, -0.2) is 4.98 Å². The molecule has 4 heterocycles. The normalized spacial score (nSPS) is 27.1. The van der Waals surface area contributed by atoms with Crippen LogP contribution in [0.1, 0.15) is 30.9 Å². The summed E-state index contributed by atoms with van der Waals surface area (Å²) >= 11 is 0. The number of rotatable bonds is 3. The summed E-state index contributed by atoms with van der Waals surface area (Å²) in [6.45, 7) is 8.27. The number of aromatic nitrogens is 2. The molecule has 3 aliphatic heterocycles. The minimum Gasteiger partial charge on any atom is -0.381 e. The maximum absolute atomic E-state index is 5.99. The van der Waals surface area contributed by atoms with E-state index in [9.17, 15) is 0 Å². The third kappa shape index (κ3) is 3.88. The minimum absolute atomic E-state index is 0.365. The van der Waals surface area contributed by atoms with Crippen molar-refractivity contribution in [2.24, 2.45) is 0 Å². The molecule has 3 saturated heterocycles. The summed E-state index contributed by atoms with van der Waals surface area (Å²) in [7, 11) is 2.22. The monoisotopic (exact) mass is 346 g/mol.